The number of carboxylic acid groups (broad SMARTS) is 1. The van der Waals surface area contributed by atoms with E-state index in [-0.39, 0.29) is 5.75 Å². The largest absolute Gasteiger partial charge is 0.508 e. The number of benzene rings is 2. The molecule has 0 aromatic heterocycles. The van der Waals surface area contributed by atoms with Crippen LogP contribution in [0.15, 0.2) is 48.5 Å². The standard InChI is InChI=1S/C15H14INO4.H2O4S/c16-17-14(15(19)20)9-10-1-5-12(6-2-10)21-13-7-3-11(18)4-8-13;1-5(2,3)4/h1-8,14,17-18H,9H2,(H,19,20);(H2,1,2,3,4). The number of halogens is 1. The maximum atomic E-state index is 11.0. The first kappa shape index (κ1) is 22.1. The molecule has 0 bridgehead atoms. The lowest BCUT2D eigenvalue weighted by Crippen LogP contribution is -2.32. The summed E-state index contributed by atoms with van der Waals surface area (Å²) in [5, 5.41) is 18.2. The first-order chi connectivity index (χ1) is 12.1. The summed E-state index contributed by atoms with van der Waals surface area (Å²) >= 11 is 1.84. The highest BCUT2D eigenvalue weighted by Crippen LogP contribution is 2.23. The topological polar surface area (TPSA) is 153 Å². The second-order valence-electron chi connectivity index (χ2n) is 4.89. The lowest BCUT2D eigenvalue weighted by Gasteiger charge is -2.11. The zero-order valence-electron chi connectivity index (χ0n) is 13.1. The van der Waals surface area contributed by atoms with E-state index in [1.54, 1.807) is 36.4 Å². The molecule has 0 saturated heterocycles. The van der Waals surface area contributed by atoms with E-state index in [1.165, 1.54) is 0 Å². The van der Waals surface area contributed by atoms with E-state index in [4.69, 9.17) is 27.4 Å². The van der Waals surface area contributed by atoms with Crippen LogP contribution in [0.4, 0.5) is 0 Å². The fourth-order valence-corrected chi connectivity index (χ4v) is 2.24. The molecule has 2 aromatic rings. The van der Waals surface area contributed by atoms with Crippen molar-refractivity contribution in [3.8, 4) is 17.2 Å². The zero-order chi connectivity index (χ0) is 19.7. The third-order valence-corrected chi connectivity index (χ3v) is 3.62. The van der Waals surface area contributed by atoms with Gasteiger partial charge in [0.15, 0.2) is 0 Å². The van der Waals surface area contributed by atoms with Crippen molar-refractivity contribution in [2.24, 2.45) is 0 Å². The Balaban J connectivity index is 0.000000597. The number of ether oxygens (including phenoxy) is 1. The summed E-state index contributed by atoms with van der Waals surface area (Å²) in [5.41, 5.74) is 0.907. The molecule has 0 fully saturated rings. The molecule has 142 valence electrons. The number of aliphatic carboxylic acids is 1. The summed E-state index contributed by atoms with van der Waals surface area (Å²) in [6.45, 7) is 0. The van der Waals surface area contributed by atoms with Crippen LogP contribution in [0, 0.1) is 0 Å². The zero-order valence-corrected chi connectivity index (χ0v) is 16.1. The number of carboxylic acids is 1. The summed E-state index contributed by atoms with van der Waals surface area (Å²) < 4.78 is 39.9. The number of rotatable bonds is 6. The van der Waals surface area contributed by atoms with Crippen LogP contribution in [0.5, 0.6) is 17.2 Å². The molecule has 0 aliphatic carbocycles. The third kappa shape index (κ3) is 9.53. The van der Waals surface area contributed by atoms with Gasteiger partial charge in [-0.15, -0.1) is 0 Å². The van der Waals surface area contributed by atoms with Crippen LogP contribution in [0.3, 0.4) is 0 Å². The molecule has 1 atom stereocenters. The number of hydrogen-bond donors (Lipinski definition) is 5. The number of phenolic OH excluding ortho intramolecular Hbond substituents is 1. The second kappa shape index (κ2) is 10.3. The molecule has 1 unspecified atom stereocenters. The Morgan fingerprint density at radius 3 is 1.85 bits per heavy atom. The molecule has 0 saturated carbocycles. The second-order valence-corrected chi connectivity index (χ2v) is 6.41. The van der Waals surface area contributed by atoms with Gasteiger partial charge < -0.3 is 14.9 Å². The number of carbonyl (C=O) groups is 1. The summed E-state index contributed by atoms with van der Waals surface area (Å²) in [6, 6.07) is 13.1. The van der Waals surface area contributed by atoms with Crippen molar-refractivity contribution in [2.75, 3.05) is 0 Å². The van der Waals surface area contributed by atoms with Gasteiger partial charge in [-0.25, -0.2) is 3.53 Å². The predicted molar refractivity (Wildman–Crippen MR) is 101 cm³/mol. The van der Waals surface area contributed by atoms with Crippen molar-refractivity contribution in [3.63, 3.8) is 0 Å². The molecule has 5 N–H and O–H groups in total. The molecule has 2 aromatic carbocycles. The van der Waals surface area contributed by atoms with Crippen molar-refractivity contribution < 1.29 is 37.3 Å². The molecule has 0 aliphatic rings. The van der Waals surface area contributed by atoms with Gasteiger partial charge in [-0.1, -0.05) is 12.1 Å². The number of nitrogens with one attached hydrogen (secondary N) is 1. The average molecular weight is 497 g/mol. The van der Waals surface area contributed by atoms with Crippen molar-refractivity contribution in [2.45, 2.75) is 12.5 Å². The van der Waals surface area contributed by atoms with E-state index in [2.05, 4.69) is 3.53 Å². The predicted octanol–water partition coefficient (Wildman–Crippen LogP) is 2.47. The Morgan fingerprint density at radius 2 is 1.46 bits per heavy atom. The van der Waals surface area contributed by atoms with E-state index in [1.807, 2.05) is 35.0 Å². The molecule has 0 radical (unpaired) electrons. The monoisotopic (exact) mass is 497 g/mol. The normalized spacial score (nSPS) is 11.8. The summed E-state index contributed by atoms with van der Waals surface area (Å²) in [5.74, 6) is 0.578. The highest BCUT2D eigenvalue weighted by Gasteiger charge is 2.15. The first-order valence-electron chi connectivity index (χ1n) is 6.93. The van der Waals surface area contributed by atoms with Crippen molar-refractivity contribution in [1.82, 2.24) is 3.53 Å². The highest BCUT2D eigenvalue weighted by molar-refractivity contribution is 14.1. The van der Waals surface area contributed by atoms with Crippen LogP contribution < -0.4 is 8.27 Å². The number of aromatic hydroxyl groups is 1. The maximum Gasteiger partial charge on any atom is 0.394 e. The SMILES string of the molecule is O=C(O)C(Cc1ccc(Oc2ccc(O)cc2)cc1)NI.O=S(=O)(O)O. The quantitative estimate of drug-likeness (QED) is 0.230. The molecule has 0 amide bonds. The van der Waals surface area contributed by atoms with Gasteiger partial charge >= 0.3 is 16.4 Å². The molecule has 2 rings (SSSR count). The van der Waals surface area contributed by atoms with Gasteiger partial charge in [0.1, 0.15) is 23.3 Å². The minimum absolute atomic E-state index is 0.184. The average Bonchev–Trinajstić information content (AvgIpc) is 2.54. The molecule has 11 heteroatoms. The Morgan fingerprint density at radius 1 is 1.04 bits per heavy atom. The van der Waals surface area contributed by atoms with Crippen molar-refractivity contribution in [3.05, 3.63) is 54.1 Å². The Hall–Kier alpha value is -1.93. The van der Waals surface area contributed by atoms with Gasteiger partial charge in [-0.05, 0) is 48.4 Å². The molecule has 9 nitrogen and oxygen atoms in total. The fraction of sp³-hybridized carbons (Fsp3) is 0.133. The fourth-order valence-electron chi connectivity index (χ4n) is 1.75. The Bertz CT molecular complexity index is 801. The third-order valence-electron chi connectivity index (χ3n) is 2.87. The molecule has 0 aliphatic heterocycles. The van der Waals surface area contributed by atoms with E-state index in [0.717, 1.165) is 5.56 Å². The van der Waals surface area contributed by atoms with Crippen LogP contribution in [-0.2, 0) is 21.6 Å². The van der Waals surface area contributed by atoms with Gasteiger partial charge in [0.05, 0.1) is 0 Å². The van der Waals surface area contributed by atoms with E-state index in [0.29, 0.717) is 17.9 Å². The minimum atomic E-state index is -4.67. The minimum Gasteiger partial charge on any atom is -0.508 e. The van der Waals surface area contributed by atoms with Crippen molar-refractivity contribution in [1.29, 1.82) is 0 Å². The van der Waals surface area contributed by atoms with E-state index < -0.39 is 22.4 Å². The van der Waals surface area contributed by atoms with E-state index in [9.17, 15) is 9.90 Å². The molecule has 26 heavy (non-hydrogen) atoms. The number of phenols is 1. The van der Waals surface area contributed by atoms with Crippen LogP contribution in [0.2, 0.25) is 0 Å². The summed E-state index contributed by atoms with van der Waals surface area (Å²) in [6.07, 6.45) is 0.401. The van der Waals surface area contributed by atoms with Crippen LogP contribution in [-0.4, -0.2) is 39.7 Å². The van der Waals surface area contributed by atoms with Gasteiger partial charge in [0.2, 0.25) is 0 Å². The van der Waals surface area contributed by atoms with Gasteiger partial charge in [-0.3, -0.25) is 13.9 Å². The molecule has 0 heterocycles. The van der Waals surface area contributed by atoms with Gasteiger partial charge in [0.25, 0.3) is 0 Å². The van der Waals surface area contributed by atoms with Crippen LogP contribution >= 0.6 is 22.9 Å². The van der Waals surface area contributed by atoms with Gasteiger partial charge in [0, 0.05) is 22.9 Å². The van der Waals surface area contributed by atoms with Crippen LogP contribution in [0.1, 0.15) is 5.56 Å². The number of hydrogen-bond acceptors (Lipinski definition) is 6. The summed E-state index contributed by atoms with van der Waals surface area (Å²) in [4.78, 5) is 11.0. The van der Waals surface area contributed by atoms with Gasteiger partial charge in [-0.2, -0.15) is 8.42 Å². The molecule has 0 spiro atoms. The van der Waals surface area contributed by atoms with Crippen LogP contribution in [0.25, 0.3) is 0 Å². The lowest BCUT2D eigenvalue weighted by molar-refractivity contribution is -0.138. The Kier molecular flexibility index (Phi) is 8.74. The molecular weight excluding hydrogens is 481 g/mol. The summed E-state index contributed by atoms with van der Waals surface area (Å²) in [7, 11) is -4.67. The van der Waals surface area contributed by atoms with Crippen molar-refractivity contribution >= 4 is 39.2 Å². The highest BCUT2D eigenvalue weighted by atomic mass is 127. The maximum absolute atomic E-state index is 11.0. The van der Waals surface area contributed by atoms with E-state index >= 15 is 0 Å². The first-order valence-corrected chi connectivity index (χ1v) is 9.40. The lowest BCUT2D eigenvalue weighted by atomic mass is 10.1. The Labute approximate surface area is 163 Å². The molecular formula is C15H16INO8S. The smallest absolute Gasteiger partial charge is 0.394 e.